The molecule has 4 rings (SSSR count). The average molecular weight is 476 g/mol. The van der Waals surface area contributed by atoms with Gasteiger partial charge in [0.05, 0.1) is 5.39 Å². The highest BCUT2D eigenvalue weighted by atomic mass is 35.5. The second-order valence-corrected chi connectivity index (χ2v) is 11.0. The SMILES string of the molecule is CC(C)(C)C1CCc2c(sc3nc(CCC(=O)NCc4ccc(F)cc4Cl)[nH]c(=O)c23)C1. The number of hydrogen-bond donors (Lipinski definition) is 2. The summed E-state index contributed by atoms with van der Waals surface area (Å²) < 4.78 is 13.1. The average Bonchev–Trinajstić information content (AvgIpc) is 3.09. The number of H-pyrrole nitrogens is 1. The van der Waals surface area contributed by atoms with Crippen LogP contribution in [0.25, 0.3) is 10.2 Å². The molecule has 2 heterocycles. The van der Waals surface area contributed by atoms with Crippen molar-refractivity contribution in [2.24, 2.45) is 11.3 Å². The summed E-state index contributed by atoms with van der Waals surface area (Å²) in [5.74, 6) is 0.509. The monoisotopic (exact) mass is 475 g/mol. The van der Waals surface area contributed by atoms with E-state index in [2.05, 4.69) is 36.1 Å². The van der Waals surface area contributed by atoms with Crippen molar-refractivity contribution < 1.29 is 9.18 Å². The number of benzene rings is 1. The molecule has 2 aromatic heterocycles. The minimum Gasteiger partial charge on any atom is -0.352 e. The fraction of sp³-hybridized carbons (Fsp3) is 0.458. The summed E-state index contributed by atoms with van der Waals surface area (Å²) in [6.07, 6.45) is 3.51. The highest BCUT2D eigenvalue weighted by molar-refractivity contribution is 7.18. The third kappa shape index (κ3) is 4.89. The van der Waals surface area contributed by atoms with Crippen LogP contribution in [0.3, 0.4) is 0 Å². The van der Waals surface area contributed by atoms with Crippen molar-refractivity contribution in [1.29, 1.82) is 0 Å². The Hall–Kier alpha value is -2.25. The van der Waals surface area contributed by atoms with E-state index >= 15 is 0 Å². The molecule has 1 aliphatic rings. The second kappa shape index (κ2) is 8.94. The van der Waals surface area contributed by atoms with E-state index in [1.165, 1.54) is 17.0 Å². The van der Waals surface area contributed by atoms with Gasteiger partial charge in [-0.05, 0) is 53.9 Å². The van der Waals surface area contributed by atoms with Gasteiger partial charge in [0.1, 0.15) is 16.5 Å². The Bertz CT molecular complexity index is 1230. The van der Waals surface area contributed by atoms with E-state index in [9.17, 15) is 14.0 Å². The van der Waals surface area contributed by atoms with Gasteiger partial charge >= 0.3 is 0 Å². The molecule has 0 aliphatic heterocycles. The van der Waals surface area contributed by atoms with E-state index < -0.39 is 5.82 Å². The molecule has 1 amide bonds. The number of fused-ring (bicyclic) bond motifs is 3. The van der Waals surface area contributed by atoms with Gasteiger partial charge in [-0.1, -0.05) is 38.4 Å². The molecule has 8 heteroatoms. The molecule has 0 spiro atoms. The standard InChI is InChI=1S/C24H27ClFN3O2S/c1-24(2,3)14-5-7-16-18(10-14)32-23-21(16)22(31)28-19(29-23)8-9-20(30)27-12-13-4-6-15(26)11-17(13)25/h4,6,11,14H,5,7-10,12H2,1-3H3,(H,27,30)(H,28,29,31). The number of nitrogens with zero attached hydrogens (tertiary/aromatic N) is 1. The molecular formula is C24H27ClFN3O2S. The summed E-state index contributed by atoms with van der Waals surface area (Å²) in [6.45, 7) is 7.03. The van der Waals surface area contributed by atoms with Crippen LogP contribution in [0.15, 0.2) is 23.0 Å². The maximum Gasteiger partial charge on any atom is 0.259 e. The Balaban J connectivity index is 1.43. The predicted molar refractivity (Wildman–Crippen MR) is 127 cm³/mol. The van der Waals surface area contributed by atoms with Crippen LogP contribution < -0.4 is 10.9 Å². The summed E-state index contributed by atoms with van der Waals surface area (Å²) in [6, 6.07) is 4.08. The van der Waals surface area contributed by atoms with Crippen molar-refractivity contribution in [2.75, 3.05) is 0 Å². The molecule has 32 heavy (non-hydrogen) atoms. The number of aromatic nitrogens is 2. The second-order valence-electron chi connectivity index (χ2n) is 9.51. The Morgan fingerprint density at radius 3 is 2.88 bits per heavy atom. The van der Waals surface area contributed by atoms with E-state index in [1.807, 2.05) is 0 Å². The van der Waals surface area contributed by atoms with Crippen LogP contribution in [0.5, 0.6) is 0 Å². The molecule has 170 valence electrons. The van der Waals surface area contributed by atoms with Gasteiger partial charge < -0.3 is 10.3 Å². The number of halogens is 2. The molecule has 3 aromatic rings. The Morgan fingerprint density at radius 1 is 1.38 bits per heavy atom. The van der Waals surface area contributed by atoms with Gasteiger partial charge in [0.25, 0.3) is 5.56 Å². The third-order valence-corrected chi connectivity index (χ3v) is 7.77. The molecule has 1 aliphatic carbocycles. The van der Waals surface area contributed by atoms with Crippen molar-refractivity contribution >= 4 is 39.1 Å². The van der Waals surface area contributed by atoms with Crippen LogP contribution >= 0.6 is 22.9 Å². The number of carbonyl (C=O) groups excluding carboxylic acids is 1. The van der Waals surface area contributed by atoms with Crippen LogP contribution in [0.2, 0.25) is 5.02 Å². The molecule has 1 atom stereocenters. The fourth-order valence-electron chi connectivity index (χ4n) is 4.27. The maximum atomic E-state index is 13.1. The van der Waals surface area contributed by atoms with Crippen LogP contribution in [0, 0.1) is 17.2 Å². The molecule has 1 unspecified atom stereocenters. The zero-order chi connectivity index (χ0) is 23.0. The zero-order valence-corrected chi connectivity index (χ0v) is 20.1. The van der Waals surface area contributed by atoms with E-state index in [0.29, 0.717) is 23.7 Å². The molecule has 0 fully saturated rings. The lowest BCUT2D eigenvalue weighted by atomic mass is 9.72. The number of nitrogens with one attached hydrogen (secondary N) is 2. The first-order valence-corrected chi connectivity index (χ1v) is 12.1. The number of hydrogen-bond acceptors (Lipinski definition) is 4. The minimum absolute atomic E-state index is 0.116. The summed E-state index contributed by atoms with van der Waals surface area (Å²) in [7, 11) is 0. The van der Waals surface area contributed by atoms with Crippen molar-refractivity contribution in [3.05, 3.63) is 61.2 Å². The lowest BCUT2D eigenvalue weighted by Crippen LogP contribution is -2.26. The Morgan fingerprint density at radius 2 is 2.16 bits per heavy atom. The van der Waals surface area contributed by atoms with Crippen molar-refractivity contribution in [1.82, 2.24) is 15.3 Å². The third-order valence-electron chi connectivity index (χ3n) is 6.27. The quantitative estimate of drug-likeness (QED) is 0.534. The van der Waals surface area contributed by atoms with Gasteiger partial charge in [-0.2, -0.15) is 0 Å². The van der Waals surface area contributed by atoms with E-state index in [0.717, 1.165) is 35.0 Å². The Labute approximate surface area is 195 Å². The molecule has 0 radical (unpaired) electrons. The summed E-state index contributed by atoms with van der Waals surface area (Å²) in [5.41, 5.74) is 1.92. The number of rotatable bonds is 5. The molecule has 5 nitrogen and oxygen atoms in total. The highest BCUT2D eigenvalue weighted by Gasteiger charge is 2.31. The fourth-order valence-corrected chi connectivity index (χ4v) is 5.82. The summed E-state index contributed by atoms with van der Waals surface area (Å²) in [5, 5.41) is 3.77. The van der Waals surface area contributed by atoms with Crippen molar-refractivity contribution in [2.45, 2.75) is 59.4 Å². The first-order chi connectivity index (χ1) is 15.1. The van der Waals surface area contributed by atoms with Crippen LogP contribution in [-0.2, 0) is 30.6 Å². The smallest absolute Gasteiger partial charge is 0.259 e. The predicted octanol–water partition coefficient (Wildman–Crippen LogP) is 5.18. The van der Waals surface area contributed by atoms with E-state index in [-0.39, 0.29) is 34.9 Å². The molecule has 0 bridgehead atoms. The highest BCUT2D eigenvalue weighted by Crippen LogP contribution is 2.41. The minimum atomic E-state index is -0.417. The van der Waals surface area contributed by atoms with E-state index in [1.54, 1.807) is 17.4 Å². The van der Waals surface area contributed by atoms with Crippen molar-refractivity contribution in [3.63, 3.8) is 0 Å². The topological polar surface area (TPSA) is 74.8 Å². The first kappa shape index (κ1) is 22.9. The summed E-state index contributed by atoms with van der Waals surface area (Å²) >= 11 is 7.61. The van der Waals surface area contributed by atoms with Crippen molar-refractivity contribution in [3.8, 4) is 0 Å². The lowest BCUT2D eigenvalue weighted by Gasteiger charge is -2.33. The van der Waals surface area contributed by atoms with E-state index in [4.69, 9.17) is 11.6 Å². The van der Waals surface area contributed by atoms with Gasteiger partial charge in [0, 0.05) is 29.3 Å². The molecule has 0 saturated carbocycles. The van der Waals surface area contributed by atoms with Gasteiger partial charge in [-0.3, -0.25) is 9.59 Å². The largest absolute Gasteiger partial charge is 0.352 e. The number of carbonyl (C=O) groups is 1. The lowest BCUT2D eigenvalue weighted by molar-refractivity contribution is -0.121. The van der Waals surface area contributed by atoms with Gasteiger partial charge in [0.15, 0.2) is 0 Å². The van der Waals surface area contributed by atoms with Crippen LogP contribution in [0.4, 0.5) is 4.39 Å². The normalized spacial score (nSPS) is 16.2. The van der Waals surface area contributed by atoms with Gasteiger partial charge in [0.2, 0.25) is 5.91 Å². The molecule has 0 saturated heterocycles. The number of amides is 1. The van der Waals surface area contributed by atoms with Crippen LogP contribution in [-0.4, -0.2) is 15.9 Å². The number of thiophene rings is 1. The number of aromatic amines is 1. The maximum absolute atomic E-state index is 13.1. The molecule has 1 aromatic carbocycles. The molecule has 2 N–H and O–H groups in total. The molecular weight excluding hydrogens is 449 g/mol. The van der Waals surface area contributed by atoms with Gasteiger partial charge in [-0.25, -0.2) is 9.37 Å². The van der Waals surface area contributed by atoms with Crippen LogP contribution in [0.1, 0.15) is 55.4 Å². The van der Waals surface area contributed by atoms with Gasteiger partial charge in [-0.15, -0.1) is 11.3 Å². The Kier molecular flexibility index (Phi) is 6.41. The summed E-state index contributed by atoms with van der Waals surface area (Å²) in [4.78, 5) is 34.6. The first-order valence-electron chi connectivity index (χ1n) is 10.9. The zero-order valence-electron chi connectivity index (χ0n) is 18.5. The number of aryl methyl sites for hydroxylation is 2.